The number of hydrogen-bond donors (Lipinski definition) is 0. The van der Waals surface area contributed by atoms with E-state index >= 15 is 0 Å². The molecule has 1 saturated heterocycles. The van der Waals surface area contributed by atoms with Crippen molar-refractivity contribution in [2.24, 2.45) is 0 Å². The molecular weight excluding hydrogens is 626 g/mol. The summed E-state index contributed by atoms with van der Waals surface area (Å²) in [7, 11) is 0. The van der Waals surface area contributed by atoms with E-state index in [1.807, 2.05) is 106 Å². The van der Waals surface area contributed by atoms with Gasteiger partial charge in [-0.3, -0.25) is 0 Å². The largest absolute Gasteiger partial charge is 0.491 e. The molecule has 260 valence electrons. The fourth-order valence-electron chi connectivity index (χ4n) is 6.13. The van der Waals surface area contributed by atoms with Crippen LogP contribution >= 0.6 is 0 Å². The van der Waals surface area contributed by atoms with Crippen molar-refractivity contribution in [3.05, 3.63) is 144 Å². The van der Waals surface area contributed by atoms with Gasteiger partial charge >= 0.3 is 6.09 Å². The van der Waals surface area contributed by atoms with E-state index in [4.69, 9.17) is 23.7 Å². The van der Waals surface area contributed by atoms with Gasteiger partial charge in [0, 0.05) is 12.5 Å². The number of carbonyl (C=O) groups is 1. The fourth-order valence-corrected chi connectivity index (χ4v) is 6.13. The predicted molar refractivity (Wildman–Crippen MR) is 197 cm³/mol. The second kappa shape index (κ2) is 16.7. The summed E-state index contributed by atoms with van der Waals surface area (Å²) in [5, 5.41) is 2.38. The first-order valence-electron chi connectivity index (χ1n) is 17.4. The van der Waals surface area contributed by atoms with Crippen LogP contribution in [0, 0.1) is 0 Å². The predicted octanol–water partition coefficient (Wildman–Crippen LogP) is 9.19. The first-order chi connectivity index (χ1) is 24.3. The van der Waals surface area contributed by atoms with Crippen LogP contribution in [0.2, 0.25) is 0 Å². The van der Waals surface area contributed by atoms with Gasteiger partial charge in [-0.1, -0.05) is 97.1 Å². The minimum Gasteiger partial charge on any atom is -0.491 e. The van der Waals surface area contributed by atoms with Crippen LogP contribution in [0.25, 0.3) is 10.8 Å². The van der Waals surface area contributed by atoms with Crippen molar-refractivity contribution < 1.29 is 28.5 Å². The molecule has 0 saturated carbocycles. The zero-order valence-corrected chi connectivity index (χ0v) is 29.2. The van der Waals surface area contributed by atoms with Gasteiger partial charge in [0.05, 0.1) is 25.9 Å². The number of nitrogens with zero attached hydrogens (tertiary/aromatic N) is 1. The summed E-state index contributed by atoms with van der Waals surface area (Å²) in [6.45, 7) is 8.34. The molecule has 0 N–H and O–H groups in total. The molecule has 6 rings (SSSR count). The lowest BCUT2D eigenvalue weighted by Gasteiger charge is -2.39. The van der Waals surface area contributed by atoms with E-state index < -0.39 is 5.60 Å². The number of carbonyl (C=O) groups excluding carboxylic acids is 1. The van der Waals surface area contributed by atoms with Crippen molar-refractivity contribution in [3.63, 3.8) is 0 Å². The van der Waals surface area contributed by atoms with Gasteiger partial charge in [0.25, 0.3) is 0 Å². The number of benzene rings is 5. The van der Waals surface area contributed by atoms with Gasteiger partial charge < -0.3 is 28.6 Å². The molecule has 5 aromatic carbocycles. The highest BCUT2D eigenvalue weighted by atomic mass is 16.6. The number of amides is 1. The number of rotatable bonds is 13. The molecule has 7 nitrogen and oxygen atoms in total. The molecule has 1 aliphatic heterocycles. The van der Waals surface area contributed by atoms with Crippen LogP contribution in [0.15, 0.2) is 127 Å². The topological polar surface area (TPSA) is 66.5 Å². The normalized spacial score (nSPS) is 16.9. The summed E-state index contributed by atoms with van der Waals surface area (Å²) in [5.41, 5.74) is 2.77. The summed E-state index contributed by atoms with van der Waals surface area (Å²) >= 11 is 0. The second-order valence-corrected chi connectivity index (χ2v) is 13.8. The Kier molecular flexibility index (Phi) is 11.7. The van der Waals surface area contributed by atoms with E-state index in [-0.39, 0.29) is 24.2 Å². The van der Waals surface area contributed by atoms with E-state index in [2.05, 4.69) is 42.5 Å². The van der Waals surface area contributed by atoms with Crippen LogP contribution in [0.1, 0.15) is 49.8 Å². The van der Waals surface area contributed by atoms with Crippen molar-refractivity contribution in [3.8, 4) is 11.5 Å². The Balaban J connectivity index is 1.11. The maximum atomic E-state index is 13.1. The van der Waals surface area contributed by atoms with Gasteiger partial charge in [-0.25, -0.2) is 4.79 Å². The van der Waals surface area contributed by atoms with Crippen LogP contribution in [0.3, 0.4) is 0 Å². The molecule has 1 aliphatic rings. The number of piperidine rings is 1. The van der Waals surface area contributed by atoms with Crippen molar-refractivity contribution in [1.29, 1.82) is 0 Å². The number of likely N-dealkylation sites (tertiary alicyclic amines) is 1. The van der Waals surface area contributed by atoms with Crippen molar-refractivity contribution in [1.82, 2.24) is 4.90 Å². The quantitative estimate of drug-likeness (QED) is 0.124. The van der Waals surface area contributed by atoms with Crippen molar-refractivity contribution in [2.45, 2.75) is 64.1 Å². The molecule has 0 spiro atoms. The zero-order valence-electron chi connectivity index (χ0n) is 29.2. The lowest BCUT2D eigenvalue weighted by atomic mass is 9.87. The zero-order chi connectivity index (χ0) is 34.8. The Morgan fingerprint density at radius 3 is 2.06 bits per heavy atom. The smallest absolute Gasteiger partial charge is 0.410 e. The Morgan fingerprint density at radius 2 is 1.36 bits per heavy atom. The van der Waals surface area contributed by atoms with Gasteiger partial charge in [0.2, 0.25) is 0 Å². The summed E-state index contributed by atoms with van der Waals surface area (Å²) in [6, 6.07) is 42.8. The average Bonchev–Trinajstić information content (AvgIpc) is 3.14. The third kappa shape index (κ3) is 10.1. The van der Waals surface area contributed by atoms with Crippen LogP contribution in [0.5, 0.6) is 11.5 Å². The van der Waals surface area contributed by atoms with Crippen molar-refractivity contribution >= 4 is 16.9 Å². The summed E-state index contributed by atoms with van der Waals surface area (Å²) in [6.07, 6.45) is -0.0338. The number of fused-ring (bicyclic) bond motifs is 1. The molecule has 1 amide bonds. The van der Waals surface area contributed by atoms with Gasteiger partial charge in [0.1, 0.15) is 36.4 Å². The average molecular weight is 674 g/mol. The van der Waals surface area contributed by atoms with E-state index in [9.17, 15) is 4.79 Å². The molecule has 50 heavy (non-hydrogen) atoms. The fraction of sp³-hybridized carbons (Fsp3) is 0.326. The summed E-state index contributed by atoms with van der Waals surface area (Å²) in [4.78, 5) is 14.8. The second-order valence-electron chi connectivity index (χ2n) is 13.8. The Hall–Kier alpha value is -4.85. The standard InChI is InChI=1S/C43H47NO6/c1-43(2,3)50-42(45)44-25-24-40(41(27-44)49-29-33-18-19-34-14-10-11-15-36(34)26-33)35-20-22-38(23-21-35)48-31-39(30-47-37-16-8-5-9-17-37)46-28-32-12-6-4-7-13-32/h4-23,26,39-41H,24-25,27-31H2,1-3H3. The molecule has 3 atom stereocenters. The number of hydrogen-bond acceptors (Lipinski definition) is 6. The van der Waals surface area contributed by atoms with Gasteiger partial charge in [-0.15, -0.1) is 0 Å². The first kappa shape index (κ1) is 35.0. The monoisotopic (exact) mass is 673 g/mol. The van der Waals surface area contributed by atoms with Crippen LogP contribution in [0.4, 0.5) is 4.79 Å². The Labute approximate surface area is 295 Å². The molecule has 0 aromatic heterocycles. The molecule has 7 heteroatoms. The van der Waals surface area contributed by atoms with E-state index in [0.717, 1.165) is 34.6 Å². The molecule has 1 heterocycles. The van der Waals surface area contributed by atoms with Gasteiger partial charge in [0.15, 0.2) is 0 Å². The van der Waals surface area contributed by atoms with Crippen LogP contribution in [-0.2, 0) is 27.4 Å². The first-order valence-corrected chi connectivity index (χ1v) is 17.4. The SMILES string of the molecule is CC(C)(C)OC(=O)N1CCC(c2ccc(OCC(COc3ccccc3)OCc3ccccc3)cc2)C(OCc2ccc3ccccc3c2)C1. The minimum absolute atomic E-state index is 0.101. The highest BCUT2D eigenvalue weighted by molar-refractivity contribution is 5.82. The maximum absolute atomic E-state index is 13.1. The highest BCUT2D eigenvalue weighted by Gasteiger charge is 2.35. The molecular formula is C43H47NO6. The molecule has 3 unspecified atom stereocenters. The summed E-state index contributed by atoms with van der Waals surface area (Å²) in [5.74, 6) is 1.64. The molecule has 0 aliphatic carbocycles. The van der Waals surface area contributed by atoms with Crippen molar-refractivity contribution in [2.75, 3.05) is 26.3 Å². The highest BCUT2D eigenvalue weighted by Crippen LogP contribution is 2.33. The third-order valence-corrected chi connectivity index (χ3v) is 8.74. The Bertz CT molecular complexity index is 1740. The minimum atomic E-state index is -0.565. The lowest BCUT2D eigenvalue weighted by Crippen LogP contribution is -2.48. The molecule has 5 aromatic rings. The molecule has 1 fully saturated rings. The maximum Gasteiger partial charge on any atom is 0.410 e. The lowest BCUT2D eigenvalue weighted by molar-refractivity contribution is -0.0359. The number of ether oxygens (including phenoxy) is 5. The molecule has 0 bridgehead atoms. The molecule has 0 radical (unpaired) electrons. The van der Waals surface area contributed by atoms with Crippen LogP contribution in [-0.4, -0.2) is 55.1 Å². The van der Waals surface area contributed by atoms with E-state index in [1.54, 1.807) is 4.90 Å². The number of para-hydroxylation sites is 1. The van der Waals surface area contributed by atoms with Gasteiger partial charge in [-0.2, -0.15) is 0 Å². The third-order valence-electron chi connectivity index (χ3n) is 8.74. The Morgan fingerprint density at radius 1 is 0.720 bits per heavy atom. The van der Waals surface area contributed by atoms with E-state index in [0.29, 0.717) is 39.5 Å². The summed E-state index contributed by atoms with van der Waals surface area (Å²) < 4.78 is 30.9. The van der Waals surface area contributed by atoms with E-state index in [1.165, 1.54) is 10.8 Å². The van der Waals surface area contributed by atoms with Gasteiger partial charge in [-0.05, 0) is 85.0 Å². The van der Waals surface area contributed by atoms with Crippen LogP contribution < -0.4 is 9.47 Å².